The van der Waals surface area contributed by atoms with Gasteiger partial charge in [0, 0.05) is 18.5 Å². The number of hydrogen-bond acceptors (Lipinski definition) is 4. The van der Waals surface area contributed by atoms with Gasteiger partial charge in [0.05, 0.1) is 10.9 Å². The van der Waals surface area contributed by atoms with Gasteiger partial charge in [-0.15, -0.1) is 0 Å². The SMILES string of the molecule is C[C@H](NC(=O)c1ccc2c(=O)n3c(nc2c1)CCCCC3)C(=O)O. The highest BCUT2D eigenvalue weighted by Crippen LogP contribution is 2.16. The van der Waals surface area contributed by atoms with Crippen LogP contribution in [0.3, 0.4) is 0 Å². The van der Waals surface area contributed by atoms with E-state index >= 15 is 0 Å². The molecule has 0 fully saturated rings. The summed E-state index contributed by atoms with van der Waals surface area (Å²) in [5.74, 6) is -0.851. The van der Waals surface area contributed by atoms with Gasteiger partial charge in [-0.1, -0.05) is 6.42 Å². The molecule has 2 aromatic rings. The Morgan fingerprint density at radius 2 is 2.08 bits per heavy atom. The van der Waals surface area contributed by atoms with Crippen LogP contribution in [0, 0.1) is 0 Å². The average Bonchev–Trinajstić information content (AvgIpc) is 2.80. The summed E-state index contributed by atoms with van der Waals surface area (Å²) in [4.78, 5) is 40.2. The molecule has 1 aliphatic heterocycles. The minimum absolute atomic E-state index is 0.0808. The fraction of sp³-hybridized carbons (Fsp3) is 0.412. The number of carbonyl (C=O) groups is 2. The number of carbonyl (C=O) groups excluding carboxylic acids is 1. The highest BCUT2D eigenvalue weighted by molar-refractivity contribution is 5.99. The van der Waals surface area contributed by atoms with Gasteiger partial charge in [0.25, 0.3) is 11.5 Å². The van der Waals surface area contributed by atoms with Crippen LogP contribution in [0.1, 0.15) is 42.4 Å². The van der Waals surface area contributed by atoms with Crippen LogP contribution in [0.15, 0.2) is 23.0 Å². The number of fused-ring (bicyclic) bond motifs is 2. The van der Waals surface area contributed by atoms with E-state index in [2.05, 4.69) is 10.3 Å². The van der Waals surface area contributed by atoms with E-state index in [0.29, 0.717) is 23.0 Å². The Balaban J connectivity index is 2.01. The number of nitrogens with one attached hydrogen (secondary N) is 1. The number of carboxylic acids is 1. The molecule has 1 aromatic heterocycles. The highest BCUT2D eigenvalue weighted by Gasteiger charge is 2.18. The van der Waals surface area contributed by atoms with Crippen LogP contribution >= 0.6 is 0 Å². The van der Waals surface area contributed by atoms with E-state index in [0.717, 1.165) is 31.5 Å². The van der Waals surface area contributed by atoms with Gasteiger partial charge < -0.3 is 10.4 Å². The van der Waals surface area contributed by atoms with Gasteiger partial charge in [0.2, 0.25) is 0 Å². The number of amides is 1. The van der Waals surface area contributed by atoms with Crippen LogP contribution in [-0.4, -0.2) is 32.6 Å². The minimum Gasteiger partial charge on any atom is -0.480 e. The molecule has 0 saturated heterocycles. The third kappa shape index (κ3) is 3.02. The zero-order valence-electron chi connectivity index (χ0n) is 13.4. The number of aryl methyl sites for hydroxylation is 1. The summed E-state index contributed by atoms with van der Waals surface area (Å²) in [6, 6.07) is 3.67. The lowest BCUT2D eigenvalue weighted by atomic mass is 10.1. The van der Waals surface area contributed by atoms with Gasteiger partial charge in [-0.05, 0) is 38.0 Å². The average molecular weight is 329 g/mol. The quantitative estimate of drug-likeness (QED) is 0.884. The van der Waals surface area contributed by atoms with Crippen molar-refractivity contribution in [3.05, 3.63) is 39.9 Å². The Labute approximate surface area is 138 Å². The lowest BCUT2D eigenvalue weighted by Gasteiger charge is -2.12. The van der Waals surface area contributed by atoms with Crippen molar-refractivity contribution >= 4 is 22.8 Å². The molecule has 0 spiro atoms. The minimum atomic E-state index is -1.11. The van der Waals surface area contributed by atoms with Crippen LogP contribution in [-0.2, 0) is 17.8 Å². The number of hydrogen-bond donors (Lipinski definition) is 2. The predicted octanol–water partition coefficient (Wildman–Crippen LogP) is 1.33. The predicted molar refractivity (Wildman–Crippen MR) is 88.1 cm³/mol. The molecule has 126 valence electrons. The van der Waals surface area contributed by atoms with E-state index < -0.39 is 17.9 Å². The molecule has 24 heavy (non-hydrogen) atoms. The molecule has 1 atom stereocenters. The summed E-state index contributed by atoms with van der Waals surface area (Å²) in [5, 5.41) is 11.7. The number of rotatable bonds is 3. The molecule has 1 amide bonds. The fourth-order valence-electron chi connectivity index (χ4n) is 2.90. The zero-order valence-corrected chi connectivity index (χ0v) is 13.4. The lowest BCUT2D eigenvalue weighted by Crippen LogP contribution is -2.38. The van der Waals surface area contributed by atoms with E-state index in [1.54, 1.807) is 16.7 Å². The molecule has 0 aliphatic carbocycles. The maximum Gasteiger partial charge on any atom is 0.325 e. The van der Waals surface area contributed by atoms with Gasteiger partial charge >= 0.3 is 5.97 Å². The van der Waals surface area contributed by atoms with Gasteiger partial charge in [0.15, 0.2) is 0 Å². The summed E-state index contributed by atoms with van der Waals surface area (Å²) in [6.45, 7) is 2.07. The van der Waals surface area contributed by atoms with Gasteiger partial charge in [-0.25, -0.2) is 4.98 Å². The Kier molecular flexibility index (Phi) is 4.33. The summed E-state index contributed by atoms with van der Waals surface area (Å²) in [7, 11) is 0. The standard InChI is InChI=1S/C17H19N3O4/c1-10(17(23)24)18-15(21)11-6-7-12-13(9-11)19-14-5-3-2-4-8-20(14)16(12)22/h6-7,9-10H,2-5,8H2,1H3,(H,18,21)(H,23,24)/t10-/m0/s1. The van der Waals surface area contributed by atoms with Crippen molar-refractivity contribution in [1.82, 2.24) is 14.9 Å². The summed E-state index contributed by atoms with van der Waals surface area (Å²) >= 11 is 0. The van der Waals surface area contributed by atoms with Crippen molar-refractivity contribution in [2.45, 2.75) is 45.2 Å². The fourth-order valence-corrected chi connectivity index (χ4v) is 2.90. The molecular weight excluding hydrogens is 310 g/mol. The van der Waals surface area contributed by atoms with Gasteiger partial charge in [-0.3, -0.25) is 19.0 Å². The third-order valence-electron chi connectivity index (χ3n) is 4.30. The van der Waals surface area contributed by atoms with Crippen molar-refractivity contribution in [1.29, 1.82) is 0 Å². The van der Waals surface area contributed by atoms with Crippen LogP contribution < -0.4 is 10.9 Å². The summed E-state index contributed by atoms with van der Waals surface area (Å²) < 4.78 is 1.72. The lowest BCUT2D eigenvalue weighted by molar-refractivity contribution is -0.138. The zero-order chi connectivity index (χ0) is 17.3. The second-order valence-corrected chi connectivity index (χ2v) is 6.06. The van der Waals surface area contributed by atoms with E-state index in [1.807, 2.05) is 0 Å². The van der Waals surface area contributed by atoms with Gasteiger partial charge in [0.1, 0.15) is 11.9 Å². The number of aliphatic carboxylic acids is 1. The van der Waals surface area contributed by atoms with Crippen molar-refractivity contribution in [3.8, 4) is 0 Å². The Morgan fingerprint density at radius 3 is 2.83 bits per heavy atom. The maximum absolute atomic E-state index is 12.6. The molecule has 0 unspecified atom stereocenters. The topological polar surface area (TPSA) is 101 Å². The van der Waals surface area contributed by atoms with Crippen LogP contribution in [0.2, 0.25) is 0 Å². The normalized spacial score (nSPS) is 15.4. The Morgan fingerprint density at radius 1 is 1.29 bits per heavy atom. The first kappa shape index (κ1) is 16.2. The maximum atomic E-state index is 12.6. The number of aromatic nitrogens is 2. The smallest absolute Gasteiger partial charge is 0.325 e. The van der Waals surface area contributed by atoms with Crippen LogP contribution in [0.25, 0.3) is 10.9 Å². The van der Waals surface area contributed by atoms with Crippen molar-refractivity contribution < 1.29 is 14.7 Å². The summed E-state index contributed by atoms with van der Waals surface area (Å²) in [6.07, 6.45) is 3.78. The third-order valence-corrected chi connectivity index (χ3v) is 4.30. The van der Waals surface area contributed by atoms with Crippen molar-refractivity contribution in [3.63, 3.8) is 0 Å². The Hall–Kier alpha value is -2.70. The van der Waals surface area contributed by atoms with E-state index in [1.165, 1.54) is 13.0 Å². The molecule has 7 nitrogen and oxygen atoms in total. The number of carboxylic acid groups (broad SMARTS) is 1. The largest absolute Gasteiger partial charge is 0.480 e. The second kappa shape index (κ2) is 6.43. The molecule has 2 N–H and O–H groups in total. The first-order chi connectivity index (χ1) is 11.5. The second-order valence-electron chi connectivity index (χ2n) is 6.06. The van der Waals surface area contributed by atoms with Crippen LogP contribution in [0.5, 0.6) is 0 Å². The van der Waals surface area contributed by atoms with Gasteiger partial charge in [-0.2, -0.15) is 0 Å². The van der Waals surface area contributed by atoms with E-state index in [9.17, 15) is 14.4 Å². The first-order valence-electron chi connectivity index (χ1n) is 8.04. The molecule has 1 aliphatic rings. The molecule has 2 heterocycles. The Bertz CT molecular complexity index is 872. The number of nitrogens with zero attached hydrogens (tertiary/aromatic N) is 2. The van der Waals surface area contributed by atoms with E-state index in [4.69, 9.17) is 5.11 Å². The van der Waals surface area contributed by atoms with Crippen LogP contribution in [0.4, 0.5) is 0 Å². The molecule has 0 saturated carbocycles. The molecule has 7 heteroatoms. The van der Waals surface area contributed by atoms with Crippen molar-refractivity contribution in [2.24, 2.45) is 0 Å². The molecular formula is C17H19N3O4. The monoisotopic (exact) mass is 329 g/mol. The van der Waals surface area contributed by atoms with Crippen molar-refractivity contribution in [2.75, 3.05) is 0 Å². The molecule has 0 radical (unpaired) electrons. The molecule has 3 rings (SSSR count). The molecule has 0 bridgehead atoms. The van der Waals surface area contributed by atoms with E-state index in [-0.39, 0.29) is 5.56 Å². The first-order valence-corrected chi connectivity index (χ1v) is 8.04. The molecule has 1 aromatic carbocycles. The number of benzene rings is 1. The highest BCUT2D eigenvalue weighted by atomic mass is 16.4. The summed E-state index contributed by atoms with van der Waals surface area (Å²) in [5.41, 5.74) is 0.688.